The highest BCUT2D eigenvalue weighted by atomic mass is 35.5. The van der Waals surface area contributed by atoms with Gasteiger partial charge in [-0.3, -0.25) is 4.90 Å². The molecule has 2 aromatic carbocycles. The summed E-state index contributed by atoms with van der Waals surface area (Å²) in [5.41, 5.74) is 0.304. The molecule has 162 valence electrons. The fourth-order valence-electron chi connectivity index (χ4n) is 3.18. The largest absolute Gasteiger partial charge is 0.298 e. The van der Waals surface area contributed by atoms with Crippen LogP contribution in [0.15, 0.2) is 51.1 Å². The minimum absolute atomic E-state index is 0. The van der Waals surface area contributed by atoms with Crippen molar-refractivity contribution in [1.29, 1.82) is 5.26 Å². The second-order valence-electron chi connectivity index (χ2n) is 7.01. The van der Waals surface area contributed by atoms with Gasteiger partial charge in [-0.05, 0) is 50.2 Å². The van der Waals surface area contributed by atoms with Gasteiger partial charge in [-0.25, -0.2) is 8.42 Å². The van der Waals surface area contributed by atoms with Crippen LogP contribution >= 0.6 is 47.4 Å². The summed E-state index contributed by atoms with van der Waals surface area (Å²) >= 11 is 13.4. The molecule has 0 radical (unpaired) electrons. The Bertz CT molecular complexity index is 1030. The second-order valence-corrected chi connectivity index (χ2v) is 10.9. The van der Waals surface area contributed by atoms with E-state index in [0.717, 1.165) is 4.90 Å². The molecular formula is C20H22Cl3N3O2S2. The molecule has 1 fully saturated rings. The zero-order valence-electron chi connectivity index (χ0n) is 16.5. The number of benzene rings is 2. The SMILES string of the molecule is CC(C)N1CCN(S(=O)(=O)c2cc(C#N)ccc2Sc2cc(Cl)cc(Cl)c2)CC1.Cl. The van der Waals surface area contributed by atoms with E-state index >= 15 is 0 Å². The van der Waals surface area contributed by atoms with E-state index in [-0.39, 0.29) is 17.3 Å². The highest BCUT2D eigenvalue weighted by Crippen LogP contribution is 2.37. The van der Waals surface area contributed by atoms with Gasteiger partial charge in [-0.2, -0.15) is 9.57 Å². The van der Waals surface area contributed by atoms with Crippen LogP contribution in [-0.2, 0) is 10.0 Å². The number of nitrogens with zero attached hydrogens (tertiary/aromatic N) is 3. The molecule has 0 amide bonds. The number of piperazine rings is 1. The zero-order chi connectivity index (χ0) is 21.2. The fraction of sp³-hybridized carbons (Fsp3) is 0.350. The number of hydrogen-bond acceptors (Lipinski definition) is 5. The lowest BCUT2D eigenvalue weighted by Gasteiger charge is -2.36. The summed E-state index contributed by atoms with van der Waals surface area (Å²) < 4.78 is 28.3. The van der Waals surface area contributed by atoms with Gasteiger partial charge in [-0.15, -0.1) is 12.4 Å². The number of halogens is 3. The van der Waals surface area contributed by atoms with Crippen molar-refractivity contribution in [2.75, 3.05) is 26.2 Å². The molecule has 1 aliphatic heterocycles. The zero-order valence-corrected chi connectivity index (χ0v) is 20.5. The van der Waals surface area contributed by atoms with Crippen LogP contribution in [0.5, 0.6) is 0 Å². The summed E-state index contributed by atoms with van der Waals surface area (Å²) in [6.45, 7) is 6.41. The van der Waals surface area contributed by atoms with Gasteiger partial charge in [0.2, 0.25) is 10.0 Å². The lowest BCUT2D eigenvalue weighted by Crippen LogP contribution is -2.50. The molecule has 2 aromatic rings. The predicted molar refractivity (Wildman–Crippen MR) is 124 cm³/mol. The van der Waals surface area contributed by atoms with E-state index in [2.05, 4.69) is 18.7 Å². The monoisotopic (exact) mass is 505 g/mol. The summed E-state index contributed by atoms with van der Waals surface area (Å²) in [7, 11) is -3.75. The summed E-state index contributed by atoms with van der Waals surface area (Å²) in [5, 5.41) is 10.2. The maximum Gasteiger partial charge on any atom is 0.244 e. The summed E-state index contributed by atoms with van der Waals surface area (Å²) in [4.78, 5) is 3.65. The first-order chi connectivity index (χ1) is 13.7. The van der Waals surface area contributed by atoms with Crippen molar-refractivity contribution >= 4 is 57.4 Å². The average molecular weight is 507 g/mol. The molecule has 0 aromatic heterocycles. The van der Waals surface area contributed by atoms with Crippen molar-refractivity contribution < 1.29 is 8.42 Å². The van der Waals surface area contributed by atoms with Crippen molar-refractivity contribution in [2.24, 2.45) is 0 Å². The lowest BCUT2D eigenvalue weighted by atomic mass is 10.2. The van der Waals surface area contributed by atoms with Crippen LogP contribution in [0, 0.1) is 11.3 Å². The normalized spacial score (nSPS) is 15.6. The van der Waals surface area contributed by atoms with Gasteiger partial charge in [0.15, 0.2) is 0 Å². The molecule has 10 heteroatoms. The standard InChI is InChI=1S/C20H21Cl2N3O2S2.ClH/c1-14(2)24-5-7-25(8-6-24)29(26,27)20-9-15(13-23)3-4-19(20)28-18-11-16(21)10-17(22)12-18;/h3-4,9-12,14H,5-8H2,1-2H3;1H. The van der Waals surface area contributed by atoms with E-state index in [1.807, 2.05) is 6.07 Å². The van der Waals surface area contributed by atoms with Gasteiger partial charge in [0.1, 0.15) is 0 Å². The van der Waals surface area contributed by atoms with E-state index < -0.39 is 10.0 Å². The van der Waals surface area contributed by atoms with Gasteiger partial charge in [0, 0.05) is 52.1 Å². The highest BCUT2D eigenvalue weighted by Gasteiger charge is 2.31. The molecule has 1 heterocycles. The van der Waals surface area contributed by atoms with Gasteiger partial charge in [0.05, 0.1) is 16.5 Å². The fourth-order valence-corrected chi connectivity index (χ4v) is 6.72. The first-order valence-electron chi connectivity index (χ1n) is 9.13. The van der Waals surface area contributed by atoms with Crippen LogP contribution in [0.25, 0.3) is 0 Å². The van der Waals surface area contributed by atoms with Crippen molar-refractivity contribution in [3.63, 3.8) is 0 Å². The number of hydrogen-bond donors (Lipinski definition) is 0. The van der Waals surface area contributed by atoms with Gasteiger partial charge in [-0.1, -0.05) is 35.0 Å². The van der Waals surface area contributed by atoms with Crippen molar-refractivity contribution in [2.45, 2.75) is 34.6 Å². The van der Waals surface area contributed by atoms with E-state index in [4.69, 9.17) is 23.2 Å². The van der Waals surface area contributed by atoms with Crippen molar-refractivity contribution in [3.05, 3.63) is 52.0 Å². The molecule has 3 rings (SSSR count). The Morgan fingerprint density at radius 1 is 1.03 bits per heavy atom. The lowest BCUT2D eigenvalue weighted by molar-refractivity contribution is 0.154. The van der Waals surface area contributed by atoms with Crippen LogP contribution in [0.2, 0.25) is 10.0 Å². The maximum absolute atomic E-state index is 13.4. The summed E-state index contributed by atoms with van der Waals surface area (Å²) in [6.07, 6.45) is 0. The molecule has 1 aliphatic rings. The average Bonchev–Trinajstić information content (AvgIpc) is 2.67. The molecule has 0 atom stereocenters. The first kappa shape index (κ1) is 25.3. The van der Waals surface area contributed by atoms with E-state index in [1.165, 1.54) is 22.1 Å². The van der Waals surface area contributed by atoms with Crippen LogP contribution in [0.1, 0.15) is 19.4 Å². The molecule has 1 saturated heterocycles. The molecule has 0 saturated carbocycles. The van der Waals surface area contributed by atoms with Crippen LogP contribution in [-0.4, -0.2) is 49.8 Å². The topological polar surface area (TPSA) is 64.4 Å². The molecule has 5 nitrogen and oxygen atoms in total. The Labute approximate surface area is 198 Å². The molecule has 0 N–H and O–H groups in total. The maximum atomic E-state index is 13.4. The van der Waals surface area contributed by atoms with E-state index in [9.17, 15) is 13.7 Å². The Balaban J connectivity index is 0.00000320. The second kappa shape index (κ2) is 10.6. The minimum atomic E-state index is -3.75. The van der Waals surface area contributed by atoms with Crippen molar-refractivity contribution in [3.8, 4) is 6.07 Å². The highest BCUT2D eigenvalue weighted by molar-refractivity contribution is 8.00. The molecular weight excluding hydrogens is 485 g/mol. The van der Waals surface area contributed by atoms with Gasteiger partial charge >= 0.3 is 0 Å². The smallest absolute Gasteiger partial charge is 0.244 e. The first-order valence-corrected chi connectivity index (χ1v) is 12.1. The van der Waals surface area contributed by atoms with Gasteiger partial charge < -0.3 is 0 Å². The molecule has 0 unspecified atom stereocenters. The Hall–Kier alpha value is -0.980. The minimum Gasteiger partial charge on any atom is -0.298 e. The Kier molecular flexibility index (Phi) is 8.90. The third-order valence-corrected chi connectivity index (χ3v) is 8.31. The summed E-state index contributed by atoms with van der Waals surface area (Å²) in [5.74, 6) is 0. The molecule has 0 spiro atoms. The summed E-state index contributed by atoms with van der Waals surface area (Å²) in [6, 6.07) is 12.2. The van der Waals surface area contributed by atoms with Gasteiger partial charge in [0.25, 0.3) is 0 Å². The number of nitriles is 1. The third kappa shape index (κ3) is 5.83. The third-order valence-electron chi connectivity index (χ3n) is 4.76. The van der Waals surface area contributed by atoms with Crippen LogP contribution in [0.3, 0.4) is 0 Å². The molecule has 0 aliphatic carbocycles. The Morgan fingerprint density at radius 2 is 1.63 bits per heavy atom. The number of rotatable bonds is 5. The van der Waals surface area contributed by atoms with E-state index in [0.29, 0.717) is 52.7 Å². The molecule has 30 heavy (non-hydrogen) atoms. The van der Waals surface area contributed by atoms with Crippen LogP contribution in [0.4, 0.5) is 0 Å². The predicted octanol–water partition coefficient (Wildman–Crippen LogP) is 5.15. The van der Waals surface area contributed by atoms with E-state index in [1.54, 1.807) is 30.3 Å². The number of sulfonamides is 1. The van der Waals surface area contributed by atoms with Crippen LogP contribution < -0.4 is 0 Å². The molecule has 0 bridgehead atoms. The van der Waals surface area contributed by atoms with Crippen molar-refractivity contribution in [1.82, 2.24) is 9.21 Å². The quantitative estimate of drug-likeness (QED) is 0.561. The Morgan fingerprint density at radius 3 is 2.17 bits per heavy atom.